The van der Waals surface area contributed by atoms with E-state index in [9.17, 15) is 5.11 Å². The largest absolute Gasteiger partial charge is 0.507 e. The third-order valence-electron chi connectivity index (χ3n) is 3.45. The average molecular weight is 228 g/mol. The topological polar surface area (TPSA) is 20.2 Å². The van der Waals surface area contributed by atoms with Crippen LogP contribution in [0.25, 0.3) is 10.8 Å². The summed E-state index contributed by atoms with van der Waals surface area (Å²) >= 11 is 0. The van der Waals surface area contributed by atoms with E-state index in [-0.39, 0.29) is 0 Å². The van der Waals surface area contributed by atoms with Crippen LogP contribution in [0, 0.1) is 0 Å². The van der Waals surface area contributed by atoms with Crippen molar-refractivity contribution in [1.29, 1.82) is 0 Å². The summed E-state index contributed by atoms with van der Waals surface area (Å²) in [5, 5.41) is 12.3. The molecule has 0 aliphatic heterocycles. The van der Waals surface area contributed by atoms with Gasteiger partial charge in [-0.25, -0.2) is 0 Å². The molecule has 0 saturated heterocycles. The van der Waals surface area contributed by atoms with E-state index < -0.39 is 0 Å². The summed E-state index contributed by atoms with van der Waals surface area (Å²) in [6.45, 7) is 6.44. The van der Waals surface area contributed by atoms with E-state index in [4.69, 9.17) is 0 Å². The van der Waals surface area contributed by atoms with Crippen LogP contribution < -0.4 is 0 Å². The minimum atomic E-state index is 0.421. The van der Waals surface area contributed by atoms with Crippen LogP contribution in [0.1, 0.15) is 37.5 Å². The number of phenols is 1. The van der Waals surface area contributed by atoms with Crippen LogP contribution in [-0.4, -0.2) is 5.11 Å². The standard InChI is InChI=1S/C16H20O/c1-4-11-7-13(6-3)14-8-12(5-2)10-16(17)15(14)9-11/h7-10,17H,4-6H2,1-3H3. The number of fused-ring (bicyclic) bond motifs is 1. The number of rotatable bonds is 3. The van der Waals surface area contributed by atoms with Gasteiger partial charge < -0.3 is 5.11 Å². The zero-order chi connectivity index (χ0) is 12.4. The van der Waals surface area contributed by atoms with Gasteiger partial charge in [0.1, 0.15) is 5.75 Å². The molecule has 2 rings (SSSR count). The van der Waals surface area contributed by atoms with Gasteiger partial charge in [-0.2, -0.15) is 0 Å². The third kappa shape index (κ3) is 2.14. The molecule has 17 heavy (non-hydrogen) atoms. The highest BCUT2D eigenvalue weighted by atomic mass is 16.3. The van der Waals surface area contributed by atoms with Gasteiger partial charge in [-0.3, -0.25) is 0 Å². The molecule has 0 atom stereocenters. The van der Waals surface area contributed by atoms with Crippen molar-refractivity contribution in [3.05, 3.63) is 41.0 Å². The lowest BCUT2D eigenvalue weighted by molar-refractivity contribution is 0.481. The molecule has 0 spiro atoms. The molecule has 0 fully saturated rings. The van der Waals surface area contributed by atoms with Crippen molar-refractivity contribution in [3.63, 3.8) is 0 Å². The molecule has 0 heterocycles. The van der Waals surface area contributed by atoms with Gasteiger partial charge in [-0.1, -0.05) is 32.9 Å². The second-order valence-electron chi connectivity index (χ2n) is 4.53. The molecule has 0 radical (unpaired) electrons. The summed E-state index contributed by atoms with van der Waals surface area (Å²) in [6.07, 6.45) is 2.98. The molecule has 0 bridgehead atoms. The number of hydrogen-bond acceptors (Lipinski definition) is 1. The molecule has 0 amide bonds. The third-order valence-corrected chi connectivity index (χ3v) is 3.45. The quantitative estimate of drug-likeness (QED) is 0.833. The Bertz CT molecular complexity index is 541. The Morgan fingerprint density at radius 1 is 0.765 bits per heavy atom. The highest BCUT2D eigenvalue weighted by Crippen LogP contribution is 2.31. The van der Waals surface area contributed by atoms with Crippen LogP contribution in [0.5, 0.6) is 5.75 Å². The highest BCUT2D eigenvalue weighted by Gasteiger charge is 2.07. The Kier molecular flexibility index (Phi) is 3.37. The summed E-state index contributed by atoms with van der Waals surface area (Å²) in [4.78, 5) is 0. The predicted molar refractivity (Wildman–Crippen MR) is 73.7 cm³/mol. The Morgan fingerprint density at radius 2 is 1.35 bits per heavy atom. The van der Waals surface area contributed by atoms with E-state index in [0.717, 1.165) is 24.6 Å². The number of benzene rings is 2. The van der Waals surface area contributed by atoms with Crippen LogP contribution in [0.2, 0.25) is 0 Å². The van der Waals surface area contributed by atoms with Crippen molar-refractivity contribution < 1.29 is 5.11 Å². The second-order valence-corrected chi connectivity index (χ2v) is 4.53. The number of aromatic hydroxyl groups is 1. The summed E-state index contributed by atoms with van der Waals surface area (Å²) in [6, 6.07) is 8.49. The molecular formula is C16H20O. The van der Waals surface area contributed by atoms with E-state index in [2.05, 4.69) is 39.0 Å². The zero-order valence-electron chi connectivity index (χ0n) is 10.9. The maximum atomic E-state index is 10.1. The molecule has 1 N–H and O–H groups in total. The van der Waals surface area contributed by atoms with Crippen molar-refractivity contribution in [3.8, 4) is 5.75 Å². The molecule has 1 nitrogen and oxygen atoms in total. The molecule has 0 unspecified atom stereocenters. The van der Waals surface area contributed by atoms with Crippen molar-refractivity contribution >= 4 is 10.8 Å². The first-order valence-electron chi connectivity index (χ1n) is 6.46. The lowest BCUT2D eigenvalue weighted by Crippen LogP contribution is -1.91. The summed E-state index contributed by atoms with van der Waals surface area (Å²) in [7, 11) is 0. The number of hydrogen-bond donors (Lipinski definition) is 1. The van der Waals surface area contributed by atoms with E-state index in [1.54, 1.807) is 0 Å². The zero-order valence-corrected chi connectivity index (χ0v) is 10.9. The second kappa shape index (κ2) is 4.79. The fourth-order valence-electron chi connectivity index (χ4n) is 2.34. The van der Waals surface area contributed by atoms with Gasteiger partial charge in [-0.15, -0.1) is 0 Å². The average Bonchev–Trinajstić information content (AvgIpc) is 2.37. The monoisotopic (exact) mass is 228 g/mol. The number of aryl methyl sites for hydroxylation is 3. The molecular weight excluding hydrogens is 208 g/mol. The Hall–Kier alpha value is -1.50. The van der Waals surface area contributed by atoms with Gasteiger partial charge in [0.2, 0.25) is 0 Å². The summed E-state index contributed by atoms with van der Waals surface area (Å²) in [5.74, 6) is 0.421. The van der Waals surface area contributed by atoms with Gasteiger partial charge in [0.25, 0.3) is 0 Å². The van der Waals surface area contributed by atoms with Crippen molar-refractivity contribution in [2.45, 2.75) is 40.0 Å². The van der Waals surface area contributed by atoms with Gasteiger partial charge in [-0.05, 0) is 53.5 Å². The van der Waals surface area contributed by atoms with E-state index >= 15 is 0 Å². The molecule has 2 aromatic rings. The minimum Gasteiger partial charge on any atom is -0.507 e. The van der Waals surface area contributed by atoms with E-state index in [0.29, 0.717) is 5.75 Å². The highest BCUT2D eigenvalue weighted by molar-refractivity contribution is 5.92. The van der Waals surface area contributed by atoms with Crippen molar-refractivity contribution in [1.82, 2.24) is 0 Å². The molecule has 1 heteroatoms. The van der Waals surface area contributed by atoms with Crippen molar-refractivity contribution in [2.24, 2.45) is 0 Å². The molecule has 0 aliphatic carbocycles. The van der Waals surface area contributed by atoms with Gasteiger partial charge in [0.05, 0.1) is 0 Å². The summed E-state index contributed by atoms with van der Waals surface area (Å²) < 4.78 is 0. The predicted octanol–water partition coefficient (Wildman–Crippen LogP) is 4.23. The maximum Gasteiger partial charge on any atom is 0.123 e. The Morgan fingerprint density at radius 3 is 1.94 bits per heavy atom. The van der Waals surface area contributed by atoms with Crippen LogP contribution in [0.3, 0.4) is 0 Å². The lowest BCUT2D eigenvalue weighted by atomic mass is 9.95. The summed E-state index contributed by atoms with van der Waals surface area (Å²) in [5.41, 5.74) is 3.84. The van der Waals surface area contributed by atoms with Crippen LogP contribution >= 0.6 is 0 Å². The van der Waals surface area contributed by atoms with Crippen molar-refractivity contribution in [2.75, 3.05) is 0 Å². The van der Waals surface area contributed by atoms with E-state index in [1.807, 2.05) is 6.07 Å². The van der Waals surface area contributed by atoms with Crippen LogP contribution in [-0.2, 0) is 19.3 Å². The van der Waals surface area contributed by atoms with E-state index in [1.165, 1.54) is 22.1 Å². The molecule has 2 aromatic carbocycles. The minimum absolute atomic E-state index is 0.421. The SMILES string of the molecule is CCc1cc(CC)c2cc(CC)cc(O)c2c1. The Balaban J connectivity index is 2.79. The van der Waals surface area contributed by atoms with Crippen LogP contribution in [0.4, 0.5) is 0 Å². The molecule has 0 aromatic heterocycles. The fourth-order valence-corrected chi connectivity index (χ4v) is 2.34. The fraction of sp³-hybridized carbons (Fsp3) is 0.375. The Labute approximate surface area is 103 Å². The molecule has 0 saturated carbocycles. The molecule has 0 aliphatic rings. The van der Waals surface area contributed by atoms with Gasteiger partial charge in [0, 0.05) is 5.39 Å². The van der Waals surface area contributed by atoms with Gasteiger partial charge in [0.15, 0.2) is 0 Å². The first-order valence-corrected chi connectivity index (χ1v) is 6.46. The smallest absolute Gasteiger partial charge is 0.123 e. The maximum absolute atomic E-state index is 10.1. The molecule has 90 valence electrons. The van der Waals surface area contributed by atoms with Gasteiger partial charge >= 0.3 is 0 Å². The first-order chi connectivity index (χ1) is 8.19. The normalized spacial score (nSPS) is 11.0. The lowest BCUT2D eigenvalue weighted by Gasteiger charge is -2.11. The number of phenolic OH excluding ortho intramolecular Hbond substituents is 1. The van der Waals surface area contributed by atoms with Crippen LogP contribution in [0.15, 0.2) is 24.3 Å². The first kappa shape index (κ1) is 12.0.